The summed E-state index contributed by atoms with van der Waals surface area (Å²) in [7, 11) is -3.65. The number of nitrogens with zero attached hydrogens (tertiary/aromatic N) is 3. The monoisotopic (exact) mass is 578 g/mol. The van der Waals surface area contributed by atoms with Crippen LogP contribution in [-0.4, -0.2) is 80.0 Å². The second-order valence-corrected chi connectivity index (χ2v) is 11.3. The Labute approximate surface area is 215 Å². The third-order valence-electron chi connectivity index (χ3n) is 4.39. The Bertz CT molecular complexity index is 1160. The molecule has 15 nitrogen and oxygen atoms in total. The minimum atomic E-state index is -4.84. The van der Waals surface area contributed by atoms with Gasteiger partial charge in [-0.1, -0.05) is 16.9 Å². The Hall–Kier alpha value is -2.73. The molecule has 1 fully saturated rings. The summed E-state index contributed by atoms with van der Waals surface area (Å²) in [6.45, 7) is 0. The molecule has 2 aliphatic rings. The number of rotatable bonds is 10. The van der Waals surface area contributed by atoms with Crippen LogP contribution in [0.4, 0.5) is 5.13 Å². The highest BCUT2D eigenvalue weighted by Gasteiger charge is 2.54. The van der Waals surface area contributed by atoms with Crippen LogP contribution in [0, 0.1) is 0 Å². The molecule has 19 heteroatoms. The summed E-state index contributed by atoms with van der Waals surface area (Å²) in [5.74, 6) is -3.53. The number of aromatic nitrogens is 1. The maximum Gasteiger partial charge on any atom is 0.353 e. The van der Waals surface area contributed by atoms with E-state index in [0.29, 0.717) is 4.91 Å². The van der Waals surface area contributed by atoms with E-state index in [0.717, 1.165) is 34.1 Å². The average molecular weight is 579 g/mol. The van der Waals surface area contributed by atoms with Crippen LogP contribution in [0.15, 0.2) is 32.6 Å². The molecule has 2 amide bonds. The summed E-state index contributed by atoms with van der Waals surface area (Å²) < 4.78 is 4.47. The first-order chi connectivity index (χ1) is 16.9. The van der Waals surface area contributed by atoms with E-state index in [4.69, 9.17) is 10.6 Å². The highest BCUT2D eigenvalue weighted by atomic mass is 32.2. The van der Waals surface area contributed by atoms with Crippen LogP contribution < -0.4 is 20.8 Å². The molecular weight excluding hydrogens is 561 g/mol. The molecule has 36 heavy (non-hydrogen) atoms. The van der Waals surface area contributed by atoms with Gasteiger partial charge in [0.25, 0.3) is 11.8 Å². The predicted molar refractivity (Wildman–Crippen MR) is 127 cm³/mol. The number of thiazole rings is 1. The van der Waals surface area contributed by atoms with E-state index in [1.807, 2.05) is 0 Å². The number of ether oxygens (including phenoxy) is 1. The number of amides is 2. The molecule has 3 heterocycles. The van der Waals surface area contributed by atoms with E-state index in [1.165, 1.54) is 29.7 Å². The number of carboxylic acid groups (broad SMARTS) is 1. The van der Waals surface area contributed by atoms with Crippen LogP contribution in [0.5, 0.6) is 0 Å². The molecule has 0 radical (unpaired) electrons. The number of carbonyl (C=O) groups is 4. The van der Waals surface area contributed by atoms with Gasteiger partial charge < -0.3 is 35.5 Å². The van der Waals surface area contributed by atoms with E-state index < -0.39 is 55.2 Å². The molecule has 0 spiro atoms. The van der Waals surface area contributed by atoms with Crippen molar-refractivity contribution in [1.29, 1.82) is 0 Å². The highest BCUT2D eigenvalue weighted by Crippen LogP contribution is 2.43. The number of carboxylic acids is 1. The van der Waals surface area contributed by atoms with Crippen molar-refractivity contribution >= 4 is 77.4 Å². The van der Waals surface area contributed by atoms with Crippen molar-refractivity contribution in [2.75, 3.05) is 24.9 Å². The summed E-state index contributed by atoms with van der Waals surface area (Å²) in [5.41, 5.74) is 4.70. The van der Waals surface area contributed by atoms with Gasteiger partial charge >= 0.3 is 11.9 Å². The lowest BCUT2D eigenvalue weighted by atomic mass is 10.0. The van der Waals surface area contributed by atoms with Crippen LogP contribution in [0.3, 0.4) is 0 Å². The normalized spacial score (nSPS) is 20.2. The molecule has 5 N–H and O–H groups in total. The number of hydrogen-bond acceptors (Lipinski definition) is 15. The fourth-order valence-electron chi connectivity index (χ4n) is 2.90. The molecule has 1 aromatic rings. The lowest BCUT2D eigenvalue weighted by Gasteiger charge is -2.49. The van der Waals surface area contributed by atoms with Crippen LogP contribution >= 0.6 is 42.8 Å². The number of aliphatic carboxylic acids is 1. The first-order valence-electron chi connectivity index (χ1n) is 9.50. The molecule has 0 aromatic carbocycles. The minimum Gasteiger partial charge on any atom is -0.657 e. The number of methoxy groups -OCH3 is 1. The van der Waals surface area contributed by atoms with Crippen molar-refractivity contribution in [3.8, 4) is 0 Å². The maximum atomic E-state index is 12.9. The van der Waals surface area contributed by atoms with Gasteiger partial charge in [0, 0.05) is 22.1 Å². The molecule has 1 aromatic heterocycles. The van der Waals surface area contributed by atoms with Crippen molar-refractivity contribution in [1.82, 2.24) is 15.2 Å². The number of β-lactam (4-membered cyclic amide) rings is 1. The first kappa shape index (κ1) is 27.9. The number of nitrogens with two attached hydrogens (primary N) is 1. The van der Waals surface area contributed by atoms with Crippen molar-refractivity contribution in [2.24, 2.45) is 5.16 Å². The zero-order chi connectivity index (χ0) is 26.6. The lowest BCUT2D eigenvalue weighted by Crippen LogP contribution is -2.71. The van der Waals surface area contributed by atoms with Gasteiger partial charge in [-0.2, -0.15) is 0 Å². The first-order valence-corrected chi connectivity index (χ1v) is 14.1. The third-order valence-corrected chi connectivity index (χ3v) is 7.87. The van der Waals surface area contributed by atoms with Crippen LogP contribution in [0.1, 0.15) is 5.69 Å². The molecule has 3 rings (SSSR count). The summed E-state index contributed by atoms with van der Waals surface area (Å²) in [4.78, 5) is 89.2. The summed E-state index contributed by atoms with van der Waals surface area (Å²) in [6, 6.07) is -1.14. The number of esters is 1. The Balaban J connectivity index is 1.77. The molecule has 194 valence electrons. The Morgan fingerprint density at radius 2 is 2.19 bits per heavy atom. The van der Waals surface area contributed by atoms with Gasteiger partial charge in [0.15, 0.2) is 10.8 Å². The maximum absolute atomic E-state index is 12.9. The van der Waals surface area contributed by atoms with Crippen LogP contribution in [-0.2, 0) is 28.8 Å². The van der Waals surface area contributed by atoms with E-state index in [1.54, 1.807) is 0 Å². The molecular formula is C17H17N5O10PS3-. The number of nitrogens with one attached hydrogen (secondary N) is 1. The summed E-state index contributed by atoms with van der Waals surface area (Å²) in [5, 5.41) is 17.5. The third kappa shape index (κ3) is 6.52. The van der Waals surface area contributed by atoms with E-state index in [2.05, 4.69) is 25.0 Å². The van der Waals surface area contributed by atoms with Gasteiger partial charge in [0.2, 0.25) is 6.35 Å². The minimum absolute atomic E-state index is 0.0680. The smallest absolute Gasteiger partial charge is 0.353 e. The number of nitrogen functional groups attached to an aromatic ring is 1. The molecule has 1 saturated heterocycles. The molecule has 2 atom stereocenters. The number of carbonyl (C=O) groups excluding carboxylic acids is 3. The lowest BCUT2D eigenvalue weighted by molar-refractivity contribution is -0.336. The standard InChI is InChI=1S/C17H18N5O10PS3/c1-31-9(23)2-3-34-8-5-35-15-11(14(25)22(15)12(8)16(26)27)20-13(24)10(7-4-36-17(18)19-7)21-32-6-33(28,29)30/h2-4,11,15H,5-6H2,1H3,(H2,18,19)(H,20,24)(H,26,27)(H2,28,29,30)/p-1/b3-2-,21-10+/t11-,15-/m1/s1. The van der Waals surface area contributed by atoms with E-state index in [-0.39, 0.29) is 22.3 Å². The Morgan fingerprint density at radius 1 is 1.47 bits per heavy atom. The number of fused-ring (bicyclic) bond motifs is 1. The van der Waals surface area contributed by atoms with E-state index >= 15 is 0 Å². The van der Waals surface area contributed by atoms with Gasteiger partial charge in [-0.25, -0.2) is 14.6 Å². The number of anilines is 1. The quantitative estimate of drug-likeness (QED) is 0.0586. The Kier molecular flexibility index (Phi) is 8.93. The molecule has 0 bridgehead atoms. The van der Waals surface area contributed by atoms with Crippen molar-refractivity contribution in [3.05, 3.63) is 33.2 Å². The second-order valence-electron chi connectivity index (χ2n) is 6.79. The zero-order valence-corrected chi connectivity index (χ0v) is 21.4. The topological polar surface area (TPSA) is 240 Å². The van der Waals surface area contributed by atoms with Gasteiger partial charge in [-0.15, -0.1) is 23.1 Å². The van der Waals surface area contributed by atoms with E-state index in [9.17, 15) is 34.1 Å². The number of thioether (sulfide) groups is 2. The fraction of sp³-hybridized carbons (Fsp3) is 0.294. The van der Waals surface area contributed by atoms with Gasteiger partial charge in [0.05, 0.1) is 15.1 Å². The van der Waals surface area contributed by atoms with Gasteiger partial charge in [-0.05, 0) is 5.41 Å². The average Bonchev–Trinajstić information content (AvgIpc) is 3.24. The second kappa shape index (κ2) is 11.5. The van der Waals surface area contributed by atoms with Gasteiger partial charge in [0.1, 0.15) is 22.8 Å². The highest BCUT2D eigenvalue weighted by molar-refractivity contribution is 8.08. The van der Waals surface area contributed by atoms with Crippen molar-refractivity contribution in [2.45, 2.75) is 11.4 Å². The molecule has 0 unspecified atom stereocenters. The van der Waals surface area contributed by atoms with Crippen LogP contribution in [0.2, 0.25) is 0 Å². The zero-order valence-electron chi connectivity index (χ0n) is 18.1. The van der Waals surface area contributed by atoms with Crippen molar-refractivity contribution < 1.29 is 48.5 Å². The molecule has 0 saturated carbocycles. The largest absolute Gasteiger partial charge is 0.657 e. The van der Waals surface area contributed by atoms with Crippen LogP contribution in [0.25, 0.3) is 0 Å². The van der Waals surface area contributed by atoms with Crippen molar-refractivity contribution in [3.63, 3.8) is 0 Å². The number of hydrogen-bond donors (Lipinski definition) is 4. The number of oxime groups is 1. The SMILES string of the molecule is COC(=O)/C=C\SC1=C(C(=O)O)N2C(=O)[C@@H](NC(=O)/C(=N/OC[P+]([O-])([O-])O)c3csc(N)n3)[C@H]2SC1. The molecule has 2 aliphatic heterocycles. The van der Waals surface area contributed by atoms with Gasteiger partial charge in [-0.3, -0.25) is 19.4 Å². The predicted octanol–water partition coefficient (Wildman–Crippen LogP) is -2.00. The fourth-order valence-corrected chi connectivity index (χ4v) is 5.96. The summed E-state index contributed by atoms with van der Waals surface area (Å²) in [6.07, 6.45) is -0.110. The molecule has 0 aliphatic carbocycles. The summed E-state index contributed by atoms with van der Waals surface area (Å²) >= 11 is 3.07. The Morgan fingerprint density at radius 3 is 2.78 bits per heavy atom.